The van der Waals surface area contributed by atoms with Crippen molar-refractivity contribution in [2.45, 2.75) is 39.7 Å². The van der Waals surface area contributed by atoms with Gasteiger partial charge in [-0.05, 0) is 97.3 Å². The molecule has 1 aliphatic rings. The van der Waals surface area contributed by atoms with Gasteiger partial charge in [-0.3, -0.25) is 9.10 Å². The summed E-state index contributed by atoms with van der Waals surface area (Å²) in [5.41, 5.74) is 7.60. The summed E-state index contributed by atoms with van der Waals surface area (Å²) in [7, 11) is -3.46. The number of carbonyl (C=O) groups excluding carboxylic acids is 1. The van der Waals surface area contributed by atoms with E-state index in [9.17, 15) is 13.2 Å². The Morgan fingerprint density at radius 3 is 2.31 bits per heavy atom. The molecule has 3 aromatic rings. The number of hydrogen-bond donors (Lipinski definition) is 1. The molecule has 0 fully saturated rings. The minimum atomic E-state index is -3.46. The number of amides is 1. The first-order chi connectivity index (χ1) is 15.2. The van der Waals surface area contributed by atoms with Crippen molar-refractivity contribution in [3.8, 4) is 0 Å². The van der Waals surface area contributed by atoms with E-state index in [2.05, 4.69) is 17.4 Å². The lowest BCUT2D eigenvalue weighted by Gasteiger charge is -2.23. The maximum absolute atomic E-state index is 12.7. The second-order valence-electron chi connectivity index (χ2n) is 8.53. The molecule has 0 saturated carbocycles. The van der Waals surface area contributed by atoms with Crippen molar-refractivity contribution in [1.29, 1.82) is 0 Å². The molecule has 1 aliphatic carbocycles. The van der Waals surface area contributed by atoms with Crippen LogP contribution in [0.25, 0.3) is 0 Å². The normalized spacial score (nSPS) is 13.0. The smallest absolute Gasteiger partial charge is 0.255 e. The zero-order chi connectivity index (χ0) is 22.9. The highest BCUT2D eigenvalue weighted by atomic mass is 32.2. The molecule has 0 bridgehead atoms. The van der Waals surface area contributed by atoms with Crippen LogP contribution in [0.2, 0.25) is 0 Å². The zero-order valence-electron chi connectivity index (χ0n) is 18.7. The first-order valence-electron chi connectivity index (χ1n) is 10.8. The van der Waals surface area contributed by atoms with Crippen molar-refractivity contribution in [2.24, 2.45) is 0 Å². The molecule has 4 rings (SSSR count). The summed E-state index contributed by atoms with van der Waals surface area (Å²) in [5, 5.41) is 2.96. The molecule has 0 aromatic heterocycles. The van der Waals surface area contributed by atoms with Gasteiger partial charge < -0.3 is 5.32 Å². The van der Waals surface area contributed by atoms with E-state index in [1.54, 1.807) is 24.3 Å². The number of anilines is 2. The lowest BCUT2D eigenvalue weighted by molar-refractivity contribution is 0.102. The average Bonchev–Trinajstić information content (AvgIpc) is 3.21. The van der Waals surface area contributed by atoms with Crippen LogP contribution in [0.1, 0.15) is 44.6 Å². The van der Waals surface area contributed by atoms with Crippen LogP contribution in [0, 0.1) is 13.8 Å². The zero-order valence-corrected chi connectivity index (χ0v) is 19.5. The number of sulfonamides is 1. The molecule has 0 aliphatic heterocycles. The summed E-state index contributed by atoms with van der Waals surface area (Å²) in [6, 6.07) is 18.8. The SMILES string of the molecule is Cc1ccc(N(Cc2ccc(C(=O)Nc3ccc4c(c3)CCC4)cc2)S(C)(=O)=O)cc1C. The Labute approximate surface area is 190 Å². The second-order valence-corrected chi connectivity index (χ2v) is 10.4. The fourth-order valence-electron chi connectivity index (χ4n) is 4.06. The fraction of sp³-hybridized carbons (Fsp3) is 0.269. The number of benzene rings is 3. The molecule has 5 nitrogen and oxygen atoms in total. The summed E-state index contributed by atoms with van der Waals surface area (Å²) in [6.07, 6.45) is 4.55. The van der Waals surface area contributed by atoms with Crippen molar-refractivity contribution >= 4 is 27.3 Å². The fourth-order valence-corrected chi connectivity index (χ4v) is 4.94. The van der Waals surface area contributed by atoms with Crippen LogP contribution in [0.5, 0.6) is 0 Å². The monoisotopic (exact) mass is 448 g/mol. The van der Waals surface area contributed by atoms with Crippen LogP contribution in [-0.4, -0.2) is 20.6 Å². The molecule has 0 heterocycles. The highest BCUT2D eigenvalue weighted by Gasteiger charge is 2.19. The van der Waals surface area contributed by atoms with Crippen LogP contribution in [0.3, 0.4) is 0 Å². The molecule has 6 heteroatoms. The van der Waals surface area contributed by atoms with Crippen LogP contribution >= 0.6 is 0 Å². The number of aryl methyl sites for hydroxylation is 4. The van der Waals surface area contributed by atoms with Gasteiger partial charge in [-0.15, -0.1) is 0 Å². The third-order valence-corrected chi connectivity index (χ3v) is 7.22. The van der Waals surface area contributed by atoms with E-state index in [-0.39, 0.29) is 12.5 Å². The molecule has 166 valence electrons. The van der Waals surface area contributed by atoms with Gasteiger partial charge in [0.2, 0.25) is 10.0 Å². The molecule has 0 atom stereocenters. The maximum Gasteiger partial charge on any atom is 0.255 e. The van der Waals surface area contributed by atoms with E-state index in [0.29, 0.717) is 11.3 Å². The van der Waals surface area contributed by atoms with Crippen molar-refractivity contribution in [2.75, 3.05) is 15.9 Å². The molecule has 0 saturated heterocycles. The molecule has 0 radical (unpaired) electrons. The lowest BCUT2D eigenvalue weighted by atomic mass is 10.1. The Kier molecular flexibility index (Phi) is 6.07. The Morgan fingerprint density at radius 1 is 0.906 bits per heavy atom. The molecular weight excluding hydrogens is 420 g/mol. The third kappa shape index (κ3) is 4.86. The summed E-state index contributed by atoms with van der Waals surface area (Å²) in [6.45, 7) is 4.16. The van der Waals surface area contributed by atoms with E-state index < -0.39 is 10.0 Å². The lowest BCUT2D eigenvalue weighted by Crippen LogP contribution is -2.29. The summed E-state index contributed by atoms with van der Waals surface area (Å²) < 4.78 is 26.3. The van der Waals surface area contributed by atoms with Gasteiger partial charge in [-0.1, -0.05) is 24.3 Å². The van der Waals surface area contributed by atoms with Gasteiger partial charge in [-0.2, -0.15) is 0 Å². The van der Waals surface area contributed by atoms with Gasteiger partial charge in [0.15, 0.2) is 0 Å². The largest absolute Gasteiger partial charge is 0.322 e. The number of hydrogen-bond acceptors (Lipinski definition) is 3. The number of rotatable bonds is 6. The van der Waals surface area contributed by atoms with E-state index in [1.807, 2.05) is 38.1 Å². The highest BCUT2D eigenvalue weighted by molar-refractivity contribution is 7.92. The number of nitrogens with zero attached hydrogens (tertiary/aromatic N) is 1. The summed E-state index contributed by atoms with van der Waals surface area (Å²) in [4.78, 5) is 12.7. The van der Waals surface area contributed by atoms with E-state index in [4.69, 9.17) is 0 Å². The standard InChI is InChI=1S/C26H28N2O3S/c1-18-7-14-25(15-19(18)2)28(32(3,30)31)17-20-8-10-22(11-9-20)26(29)27-24-13-12-21-5-4-6-23(21)16-24/h7-16H,4-6,17H2,1-3H3,(H,27,29). The van der Waals surface area contributed by atoms with Crippen LogP contribution in [0.4, 0.5) is 11.4 Å². The Morgan fingerprint density at radius 2 is 1.62 bits per heavy atom. The summed E-state index contributed by atoms with van der Waals surface area (Å²) in [5.74, 6) is -0.177. The van der Waals surface area contributed by atoms with Gasteiger partial charge >= 0.3 is 0 Å². The first kappa shape index (κ1) is 22.1. The molecule has 0 spiro atoms. The minimum absolute atomic E-state index is 0.177. The predicted octanol–water partition coefficient (Wildman–Crippen LogP) is 5.01. The molecule has 32 heavy (non-hydrogen) atoms. The van der Waals surface area contributed by atoms with Crippen molar-refractivity contribution in [3.63, 3.8) is 0 Å². The maximum atomic E-state index is 12.7. The van der Waals surface area contributed by atoms with Crippen molar-refractivity contribution < 1.29 is 13.2 Å². The minimum Gasteiger partial charge on any atom is -0.322 e. The Bertz CT molecular complexity index is 1260. The molecule has 1 N–H and O–H groups in total. The number of nitrogens with one attached hydrogen (secondary N) is 1. The Balaban J connectivity index is 1.49. The van der Waals surface area contributed by atoms with Gasteiger partial charge in [0.05, 0.1) is 18.5 Å². The average molecular weight is 449 g/mol. The molecule has 3 aromatic carbocycles. The quantitative estimate of drug-likeness (QED) is 0.576. The number of fused-ring (bicyclic) bond motifs is 1. The second kappa shape index (κ2) is 8.79. The van der Waals surface area contributed by atoms with E-state index in [1.165, 1.54) is 28.1 Å². The Hall–Kier alpha value is -3.12. The van der Waals surface area contributed by atoms with Crippen LogP contribution in [0.15, 0.2) is 60.7 Å². The first-order valence-corrected chi connectivity index (χ1v) is 12.6. The molecule has 1 amide bonds. The van der Waals surface area contributed by atoms with Crippen molar-refractivity contribution in [3.05, 3.63) is 94.0 Å². The predicted molar refractivity (Wildman–Crippen MR) is 130 cm³/mol. The van der Waals surface area contributed by atoms with Gasteiger partial charge in [0, 0.05) is 11.3 Å². The molecular formula is C26H28N2O3S. The third-order valence-electron chi connectivity index (χ3n) is 6.08. The van der Waals surface area contributed by atoms with Crippen LogP contribution in [-0.2, 0) is 29.4 Å². The molecule has 0 unspecified atom stereocenters. The van der Waals surface area contributed by atoms with Crippen LogP contribution < -0.4 is 9.62 Å². The highest BCUT2D eigenvalue weighted by Crippen LogP contribution is 2.26. The van der Waals surface area contributed by atoms with E-state index >= 15 is 0 Å². The summed E-state index contributed by atoms with van der Waals surface area (Å²) >= 11 is 0. The number of carbonyl (C=O) groups is 1. The van der Waals surface area contributed by atoms with E-state index in [0.717, 1.165) is 35.2 Å². The topological polar surface area (TPSA) is 66.5 Å². The van der Waals surface area contributed by atoms with Crippen molar-refractivity contribution in [1.82, 2.24) is 0 Å². The van der Waals surface area contributed by atoms with Gasteiger partial charge in [-0.25, -0.2) is 8.42 Å². The van der Waals surface area contributed by atoms with Gasteiger partial charge in [0.25, 0.3) is 5.91 Å². The van der Waals surface area contributed by atoms with Gasteiger partial charge in [0.1, 0.15) is 0 Å².